The van der Waals surface area contributed by atoms with E-state index in [9.17, 15) is 0 Å². The van der Waals surface area contributed by atoms with Crippen molar-refractivity contribution in [3.63, 3.8) is 0 Å². The van der Waals surface area contributed by atoms with Gasteiger partial charge in [0, 0.05) is 0 Å². The van der Waals surface area contributed by atoms with E-state index in [0.717, 1.165) is 5.92 Å². The molecule has 0 amide bonds. The van der Waals surface area contributed by atoms with Gasteiger partial charge in [0.05, 0.1) is 0 Å². The average molecular weight is 202 g/mol. The smallest absolute Gasteiger partial charge is 0.0228 e. The van der Waals surface area contributed by atoms with Gasteiger partial charge in [-0.25, -0.2) is 0 Å². The van der Waals surface area contributed by atoms with Crippen LogP contribution in [-0.4, -0.2) is 0 Å². The Morgan fingerprint density at radius 1 is 1.07 bits per heavy atom. The lowest BCUT2D eigenvalue weighted by Gasteiger charge is -2.08. The summed E-state index contributed by atoms with van der Waals surface area (Å²) in [5.41, 5.74) is 2.84. The molecule has 0 radical (unpaired) electrons. The Morgan fingerprint density at radius 3 is 2.33 bits per heavy atom. The minimum absolute atomic E-state index is 0.622. The molecule has 0 unspecified atom stereocenters. The molecule has 1 rings (SSSR count). The first-order chi connectivity index (χ1) is 7.09. The van der Waals surface area contributed by atoms with Crippen molar-refractivity contribution >= 4 is 6.08 Å². The van der Waals surface area contributed by atoms with Crippen LogP contribution < -0.4 is 0 Å². The molecule has 0 spiro atoms. The van der Waals surface area contributed by atoms with E-state index in [1.165, 1.54) is 17.5 Å². The van der Waals surface area contributed by atoms with Crippen LogP contribution in [0.2, 0.25) is 0 Å². The SMILES string of the molecule is CC(C)/C=C/c1ccccc1CC(C)C. The Bertz CT molecular complexity index is 319. The maximum atomic E-state index is 2.27. The van der Waals surface area contributed by atoms with E-state index in [-0.39, 0.29) is 0 Å². The molecule has 0 aliphatic rings. The molecule has 0 aliphatic carbocycles. The average Bonchev–Trinajstić information content (AvgIpc) is 2.15. The zero-order chi connectivity index (χ0) is 11.3. The van der Waals surface area contributed by atoms with Gasteiger partial charge >= 0.3 is 0 Å². The minimum Gasteiger partial charge on any atom is -0.0814 e. The molecule has 0 saturated heterocycles. The van der Waals surface area contributed by atoms with Crippen molar-refractivity contribution in [2.75, 3.05) is 0 Å². The summed E-state index contributed by atoms with van der Waals surface area (Å²) < 4.78 is 0. The van der Waals surface area contributed by atoms with Gasteiger partial charge in [-0.1, -0.05) is 64.1 Å². The molecule has 0 N–H and O–H groups in total. The van der Waals surface area contributed by atoms with E-state index in [1.54, 1.807) is 0 Å². The molecule has 0 bridgehead atoms. The Kier molecular flexibility index (Phi) is 4.61. The number of rotatable bonds is 4. The molecule has 0 heterocycles. The standard InChI is InChI=1S/C15H22/c1-12(2)9-10-14-7-5-6-8-15(14)11-13(3)4/h5-10,12-13H,11H2,1-4H3/b10-9+. The van der Waals surface area contributed by atoms with E-state index in [1.807, 2.05) is 0 Å². The molecule has 15 heavy (non-hydrogen) atoms. The van der Waals surface area contributed by atoms with Crippen molar-refractivity contribution in [3.8, 4) is 0 Å². The Hall–Kier alpha value is -1.04. The molecule has 1 aromatic rings. The Balaban J connectivity index is 2.86. The predicted molar refractivity (Wildman–Crippen MR) is 68.9 cm³/mol. The summed E-state index contributed by atoms with van der Waals surface area (Å²) in [6.07, 6.45) is 5.68. The minimum atomic E-state index is 0.622. The van der Waals surface area contributed by atoms with Crippen LogP contribution in [0.1, 0.15) is 38.8 Å². The van der Waals surface area contributed by atoms with Crippen LogP contribution in [0.4, 0.5) is 0 Å². The fourth-order valence-corrected chi connectivity index (χ4v) is 1.62. The molecule has 0 atom stereocenters. The highest BCUT2D eigenvalue weighted by Gasteiger charge is 2.01. The maximum Gasteiger partial charge on any atom is -0.0228 e. The topological polar surface area (TPSA) is 0 Å². The van der Waals surface area contributed by atoms with Crippen molar-refractivity contribution in [3.05, 3.63) is 41.5 Å². The van der Waals surface area contributed by atoms with Gasteiger partial charge in [-0.2, -0.15) is 0 Å². The number of hydrogen-bond acceptors (Lipinski definition) is 0. The first-order valence-electron chi connectivity index (χ1n) is 5.85. The van der Waals surface area contributed by atoms with Crippen molar-refractivity contribution in [1.29, 1.82) is 0 Å². The lowest BCUT2D eigenvalue weighted by Crippen LogP contribution is -1.96. The van der Waals surface area contributed by atoms with Gasteiger partial charge < -0.3 is 0 Å². The molecule has 0 nitrogen and oxygen atoms in total. The van der Waals surface area contributed by atoms with E-state index < -0.39 is 0 Å². The second kappa shape index (κ2) is 5.75. The third-order valence-electron chi connectivity index (χ3n) is 2.34. The highest BCUT2D eigenvalue weighted by molar-refractivity contribution is 5.53. The highest BCUT2D eigenvalue weighted by Crippen LogP contribution is 2.16. The molecule has 82 valence electrons. The van der Waals surface area contributed by atoms with E-state index in [2.05, 4.69) is 64.1 Å². The third-order valence-corrected chi connectivity index (χ3v) is 2.34. The lowest BCUT2D eigenvalue weighted by atomic mass is 9.97. The molecule has 1 aromatic carbocycles. The van der Waals surface area contributed by atoms with Crippen molar-refractivity contribution in [2.24, 2.45) is 11.8 Å². The normalized spacial score (nSPS) is 11.9. The van der Waals surface area contributed by atoms with Crippen LogP contribution in [0.25, 0.3) is 6.08 Å². The Labute approximate surface area is 94.0 Å². The quantitative estimate of drug-likeness (QED) is 0.671. The second-order valence-electron chi connectivity index (χ2n) is 4.90. The summed E-state index contributed by atoms with van der Waals surface area (Å²) in [5, 5.41) is 0. The Morgan fingerprint density at radius 2 is 1.73 bits per heavy atom. The molecule has 0 saturated carbocycles. The molecular weight excluding hydrogens is 180 g/mol. The molecular formula is C15H22. The highest BCUT2D eigenvalue weighted by atomic mass is 14.1. The summed E-state index contributed by atoms with van der Waals surface area (Å²) in [6, 6.07) is 8.69. The number of hydrogen-bond donors (Lipinski definition) is 0. The molecule has 0 aliphatic heterocycles. The first kappa shape index (κ1) is 12.0. The lowest BCUT2D eigenvalue weighted by molar-refractivity contribution is 0.646. The van der Waals surface area contributed by atoms with Crippen LogP contribution in [-0.2, 0) is 6.42 Å². The van der Waals surface area contributed by atoms with Crippen LogP contribution in [0.5, 0.6) is 0 Å². The first-order valence-corrected chi connectivity index (χ1v) is 5.85. The third kappa shape index (κ3) is 4.33. The van der Waals surface area contributed by atoms with Crippen molar-refractivity contribution in [2.45, 2.75) is 34.1 Å². The van der Waals surface area contributed by atoms with Gasteiger partial charge in [-0.05, 0) is 29.4 Å². The van der Waals surface area contributed by atoms with Gasteiger partial charge in [0.2, 0.25) is 0 Å². The molecule has 0 fully saturated rings. The maximum absolute atomic E-state index is 2.27. The zero-order valence-electron chi connectivity index (χ0n) is 10.3. The second-order valence-corrected chi connectivity index (χ2v) is 4.90. The van der Waals surface area contributed by atoms with Crippen LogP contribution >= 0.6 is 0 Å². The zero-order valence-corrected chi connectivity index (χ0v) is 10.3. The van der Waals surface area contributed by atoms with Crippen LogP contribution in [0.3, 0.4) is 0 Å². The van der Waals surface area contributed by atoms with Gasteiger partial charge in [0.25, 0.3) is 0 Å². The van der Waals surface area contributed by atoms with Gasteiger partial charge in [0.15, 0.2) is 0 Å². The summed E-state index contributed by atoms with van der Waals surface area (Å²) in [5.74, 6) is 1.34. The van der Waals surface area contributed by atoms with Crippen molar-refractivity contribution < 1.29 is 0 Å². The summed E-state index contributed by atoms with van der Waals surface area (Å²) in [6.45, 7) is 8.95. The number of allylic oxidation sites excluding steroid dienone is 1. The largest absolute Gasteiger partial charge is 0.0814 e. The molecule has 0 heteroatoms. The molecule has 0 aromatic heterocycles. The monoisotopic (exact) mass is 202 g/mol. The van der Waals surface area contributed by atoms with Crippen LogP contribution in [0.15, 0.2) is 30.3 Å². The van der Waals surface area contributed by atoms with E-state index in [4.69, 9.17) is 0 Å². The van der Waals surface area contributed by atoms with Gasteiger partial charge in [-0.15, -0.1) is 0 Å². The summed E-state index contributed by atoms with van der Waals surface area (Å²) in [7, 11) is 0. The van der Waals surface area contributed by atoms with Gasteiger partial charge in [-0.3, -0.25) is 0 Å². The summed E-state index contributed by atoms with van der Waals surface area (Å²) >= 11 is 0. The van der Waals surface area contributed by atoms with E-state index in [0.29, 0.717) is 5.92 Å². The van der Waals surface area contributed by atoms with Crippen LogP contribution in [0, 0.1) is 11.8 Å². The van der Waals surface area contributed by atoms with Crippen molar-refractivity contribution in [1.82, 2.24) is 0 Å². The van der Waals surface area contributed by atoms with E-state index >= 15 is 0 Å². The fraction of sp³-hybridized carbons (Fsp3) is 0.467. The fourth-order valence-electron chi connectivity index (χ4n) is 1.62. The summed E-state index contributed by atoms with van der Waals surface area (Å²) in [4.78, 5) is 0. The van der Waals surface area contributed by atoms with Gasteiger partial charge in [0.1, 0.15) is 0 Å². The number of benzene rings is 1. The predicted octanol–water partition coefficient (Wildman–Crippen LogP) is 4.55.